The molecule has 1 aliphatic heterocycles. The van der Waals surface area contributed by atoms with E-state index < -0.39 is 0 Å². The van der Waals surface area contributed by atoms with Gasteiger partial charge in [-0.25, -0.2) is 0 Å². The van der Waals surface area contributed by atoms with Crippen molar-refractivity contribution in [3.8, 4) is 11.5 Å². The summed E-state index contributed by atoms with van der Waals surface area (Å²) in [5, 5.41) is 5.77. The van der Waals surface area contributed by atoms with Gasteiger partial charge in [0.1, 0.15) is 13.2 Å². The van der Waals surface area contributed by atoms with Crippen molar-refractivity contribution in [2.24, 2.45) is 0 Å². The van der Waals surface area contributed by atoms with Gasteiger partial charge in [-0.3, -0.25) is 0 Å². The largest absolute Gasteiger partial charge is 0.486 e. The van der Waals surface area contributed by atoms with E-state index in [1.165, 1.54) is 16.0 Å². The van der Waals surface area contributed by atoms with Crippen LogP contribution in [-0.2, 0) is 13.0 Å². The van der Waals surface area contributed by atoms with Crippen LogP contribution in [0.15, 0.2) is 29.6 Å². The number of thiophene rings is 1. The van der Waals surface area contributed by atoms with Crippen LogP contribution in [0, 0.1) is 0 Å². The van der Waals surface area contributed by atoms with Crippen LogP contribution in [0.3, 0.4) is 0 Å². The van der Waals surface area contributed by atoms with E-state index in [-0.39, 0.29) is 6.04 Å². The Morgan fingerprint density at radius 2 is 2.00 bits per heavy atom. The van der Waals surface area contributed by atoms with Crippen LogP contribution in [0.1, 0.15) is 35.9 Å². The highest BCUT2D eigenvalue weighted by atomic mass is 32.1. The quantitative estimate of drug-likeness (QED) is 0.908. The molecule has 112 valence electrons. The zero-order valence-corrected chi connectivity index (χ0v) is 13.3. The molecule has 1 aromatic heterocycles. The second-order valence-electron chi connectivity index (χ2n) is 5.23. The minimum absolute atomic E-state index is 0.285. The van der Waals surface area contributed by atoms with Gasteiger partial charge in [0, 0.05) is 17.5 Å². The standard InChI is InChI=1S/C17H21NO2S/c1-3-13-6-9-21-17(13)11-18-12(2)14-4-5-15-16(10-14)20-8-7-19-15/h4-6,9-10,12,18H,3,7-8,11H2,1-2H3. The normalized spacial score (nSPS) is 15.0. The lowest BCUT2D eigenvalue weighted by Gasteiger charge is -2.21. The zero-order chi connectivity index (χ0) is 14.7. The van der Waals surface area contributed by atoms with Crippen molar-refractivity contribution in [1.82, 2.24) is 5.32 Å². The molecule has 3 nitrogen and oxygen atoms in total. The monoisotopic (exact) mass is 303 g/mol. The summed E-state index contributed by atoms with van der Waals surface area (Å²) in [5.74, 6) is 1.71. The molecule has 2 heterocycles. The van der Waals surface area contributed by atoms with Crippen molar-refractivity contribution in [3.63, 3.8) is 0 Å². The van der Waals surface area contributed by atoms with Crippen LogP contribution in [0.5, 0.6) is 11.5 Å². The van der Waals surface area contributed by atoms with E-state index in [1.807, 2.05) is 17.4 Å². The molecule has 1 aromatic carbocycles. The van der Waals surface area contributed by atoms with Gasteiger partial charge in [-0.2, -0.15) is 0 Å². The van der Waals surface area contributed by atoms with E-state index in [4.69, 9.17) is 9.47 Å². The number of benzene rings is 1. The zero-order valence-electron chi connectivity index (χ0n) is 12.5. The lowest BCUT2D eigenvalue weighted by atomic mass is 10.1. The minimum atomic E-state index is 0.285. The molecule has 0 saturated carbocycles. The van der Waals surface area contributed by atoms with E-state index >= 15 is 0 Å². The van der Waals surface area contributed by atoms with Crippen molar-refractivity contribution >= 4 is 11.3 Å². The van der Waals surface area contributed by atoms with Crippen molar-refractivity contribution in [2.75, 3.05) is 13.2 Å². The van der Waals surface area contributed by atoms with Gasteiger partial charge >= 0.3 is 0 Å². The number of ether oxygens (including phenoxy) is 2. The number of hydrogen-bond donors (Lipinski definition) is 1. The predicted molar refractivity (Wildman–Crippen MR) is 86.4 cm³/mol. The molecule has 0 bridgehead atoms. The van der Waals surface area contributed by atoms with Crippen LogP contribution in [0.4, 0.5) is 0 Å². The van der Waals surface area contributed by atoms with E-state index in [0.29, 0.717) is 13.2 Å². The Morgan fingerprint density at radius 3 is 2.81 bits per heavy atom. The molecular weight excluding hydrogens is 282 g/mol. The summed E-state index contributed by atoms with van der Waals surface area (Å²) in [6.07, 6.45) is 1.10. The second kappa shape index (κ2) is 6.50. The Bertz CT molecular complexity index is 609. The molecule has 1 atom stereocenters. The number of aryl methyl sites for hydroxylation is 1. The highest BCUT2D eigenvalue weighted by Crippen LogP contribution is 2.32. The van der Waals surface area contributed by atoms with Crippen LogP contribution in [-0.4, -0.2) is 13.2 Å². The second-order valence-corrected chi connectivity index (χ2v) is 6.23. The minimum Gasteiger partial charge on any atom is -0.486 e. The Labute approximate surface area is 129 Å². The molecule has 0 amide bonds. The summed E-state index contributed by atoms with van der Waals surface area (Å²) in [6.45, 7) is 6.57. The van der Waals surface area contributed by atoms with Crippen LogP contribution < -0.4 is 14.8 Å². The molecular formula is C17H21NO2S. The third-order valence-corrected chi connectivity index (χ3v) is 4.82. The third-order valence-electron chi connectivity index (χ3n) is 3.85. The van der Waals surface area contributed by atoms with Gasteiger partial charge in [0.2, 0.25) is 0 Å². The molecule has 4 heteroatoms. The van der Waals surface area contributed by atoms with Gasteiger partial charge < -0.3 is 14.8 Å². The summed E-state index contributed by atoms with van der Waals surface area (Å²) in [7, 11) is 0. The maximum Gasteiger partial charge on any atom is 0.161 e. The Morgan fingerprint density at radius 1 is 1.19 bits per heavy atom. The highest BCUT2D eigenvalue weighted by Gasteiger charge is 2.14. The first kappa shape index (κ1) is 14.4. The maximum atomic E-state index is 5.65. The summed E-state index contributed by atoms with van der Waals surface area (Å²) < 4.78 is 11.2. The maximum absolute atomic E-state index is 5.65. The number of rotatable bonds is 5. The van der Waals surface area contributed by atoms with Gasteiger partial charge in [-0.15, -0.1) is 11.3 Å². The highest BCUT2D eigenvalue weighted by molar-refractivity contribution is 7.10. The van der Waals surface area contributed by atoms with Crippen LogP contribution in [0.25, 0.3) is 0 Å². The topological polar surface area (TPSA) is 30.5 Å². The summed E-state index contributed by atoms with van der Waals surface area (Å²) in [6, 6.07) is 8.70. The van der Waals surface area contributed by atoms with E-state index in [0.717, 1.165) is 24.5 Å². The van der Waals surface area contributed by atoms with Crippen LogP contribution in [0.2, 0.25) is 0 Å². The third kappa shape index (κ3) is 3.22. The molecule has 21 heavy (non-hydrogen) atoms. The summed E-state index contributed by atoms with van der Waals surface area (Å²) >= 11 is 1.83. The average Bonchev–Trinajstić information content (AvgIpc) is 2.99. The first-order valence-electron chi connectivity index (χ1n) is 7.46. The van der Waals surface area contributed by atoms with Gasteiger partial charge in [0.05, 0.1) is 0 Å². The molecule has 2 aromatic rings. The fraction of sp³-hybridized carbons (Fsp3) is 0.412. The van der Waals surface area contributed by atoms with Gasteiger partial charge in [-0.05, 0) is 48.1 Å². The van der Waals surface area contributed by atoms with Gasteiger partial charge in [-0.1, -0.05) is 13.0 Å². The molecule has 0 saturated heterocycles. The number of nitrogens with one attached hydrogen (secondary N) is 1. The first-order chi connectivity index (χ1) is 10.3. The van der Waals surface area contributed by atoms with E-state index in [1.54, 1.807) is 0 Å². The molecule has 0 spiro atoms. The SMILES string of the molecule is CCc1ccsc1CNC(C)c1ccc2c(c1)OCCO2. The predicted octanol–water partition coefficient (Wildman–Crippen LogP) is 3.93. The molecule has 0 fully saturated rings. The van der Waals surface area contributed by atoms with E-state index in [2.05, 4.69) is 42.7 Å². The smallest absolute Gasteiger partial charge is 0.161 e. The lowest BCUT2D eigenvalue weighted by molar-refractivity contribution is 0.171. The van der Waals surface area contributed by atoms with Crippen molar-refractivity contribution < 1.29 is 9.47 Å². The Kier molecular flexibility index (Phi) is 4.46. The first-order valence-corrected chi connectivity index (χ1v) is 8.34. The van der Waals surface area contributed by atoms with Gasteiger partial charge in [0.25, 0.3) is 0 Å². The molecule has 0 radical (unpaired) electrons. The van der Waals surface area contributed by atoms with Crippen LogP contribution >= 0.6 is 11.3 Å². The van der Waals surface area contributed by atoms with Crippen molar-refractivity contribution in [3.05, 3.63) is 45.6 Å². The molecule has 3 rings (SSSR count). The number of fused-ring (bicyclic) bond motifs is 1. The van der Waals surface area contributed by atoms with Crippen molar-refractivity contribution in [2.45, 2.75) is 32.9 Å². The fourth-order valence-electron chi connectivity index (χ4n) is 2.53. The van der Waals surface area contributed by atoms with Crippen molar-refractivity contribution in [1.29, 1.82) is 0 Å². The molecule has 1 aliphatic rings. The molecule has 0 aliphatic carbocycles. The summed E-state index contributed by atoms with van der Waals surface area (Å²) in [4.78, 5) is 1.43. The number of hydrogen-bond acceptors (Lipinski definition) is 4. The van der Waals surface area contributed by atoms with Gasteiger partial charge in [0.15, 0.2) is 11.5 Å². The Balaban J connectivity index is 1.66. The summed E-state index contributed by atoms with van der Waals surface area (Å²) in [5.41, 5.74) is 2.68. The van der Waals surface area contributed by atoms with E-state index in [9.17, 15) is 0 Å². The lowest BCUT2D eigenvalue weighted by Crippen LogP contribution is -2.19. The average molecular weight is 303 g/mol. The fourth-order valence-corrected chi connectivity index (χ4v) is 3.46. The molecule has 1 unspecified atom stereocenters. The molecule has 1 N–H and O–H groups in total. The Hall–Kier alpha value is -1.52.